The van der Waals surface area contributed by atoms with Crippen molar-refractivity contribution in [3.63, 3.8) is 0 Å². The zero-order chi connectivity index (χ0) is 7.68. The van der Waals surface area contributed by atoms with Gasteiger partial charge < -0.3 is 0 Å². The van der Waals surface area contributed by atoms with E-state index in [1.165, 1.54) is 10.4 Å². The summed E-state index contributed by atoms with van der Waals surface area (Å²) in [7, 11) is 0. The standard InChI is InChI=1S/C8H4BrS2/c9-7-5-10-4-6(7)8-2-1-3-11-8/h1-4H. The van der Waals surface area contributed by atoms with Crippen molar-refractivity contribution in [3.8, 4) is 10.4 Å². The lowest BCUT2D eigenvalue weighted by atomic mass is 10.3. The lowest BCUT2D eigenvalue weighted by Gasteiger charge is -1.90. The molecule has 0 aliphatic carbocycles. The van der Waals surface area contributed by atoms with Crippen molar-refractivity contribution >= 4 is 38.6 Å². The van der Waals surface area contributed by atoms with Crippen molar-refractivity contribution in [3.05, 3.63) is 32.7 Å². The smallest absolute Gasteiger partial charge is 0.0603 e. The summed E-state index contributed by atoms with van der Waals surface area (Å²) in [5, 5.41) is 7.31. The number of thiophene rings is 2. The van der Waals surface area contributed by atoms with Crippen LogP contribution in [0.15, 0.2) is 27.4 Å². The highest BCUT2D eigenvalue weighted by molar-refractivity contribution is 9.10. The molecule has 3 heteroatoms. The fraction of sp³-hybridized carbons (Fsp3) is 0. The minimum absolute atomic E-state index is 1.07. The van der Waals surface area contributed by atoms with Crippen LogP contribution in [-0.2, 0) is 0 Å². The van der Waals surface area contributed by atoms with Crippen molar-refractivity contribution < 1.29 is 0 Å². The molecule has 2 rings (SSSR count). The molecule has 0 spiro atoms. The van der Waals surface area contributed by atoms with Gasteiger partial charge in [-0.1, -0.05) is 6.07 Å². The zero-order valence-corrected chi connectivity index (χ0v) is 8.72. The molecule has 0 amide bonds. The third-order valence-corrected chi connectivity index (χ3v) is 3.81. The summed E-state index contributed by atoms with van der Waals surface area (Å²) >= 11 is 6.80. The normalized spacial score (nSPS) is 10.3. The van der Waals surface area contributed by atoms with E-state index in [1.807, 2.05) is 0 Å². The Hall–Kier alpha value is -0.120. The highest BCUT2D eigenvalue weighted by atomic mass is 79.9. The lowest BCUT2D eigenvalue weighted by molar-refractivity contribution is 1.82. The molecule has 0 saturated carbocycles. The van der Waals surface area contributed by atoms with Crippen LogP contribution in [0.5, 0.6) is 0 Å². The van der Waals surface area contributed by atoms with Crippen LogP contribution >= 0.6 is 38.6 Å². The van der Waals surface area contributed by atoms with E-state index in [4.69, 9.17) is 0 Å². The molecule has 2 aromatic heterocycles. The zero-order valence-electron chi connectivity index (χ0n) is 5.50. The Labute approximate surface area is 81.6 Å². The molecule has 1 radical (unpaired) electrons. The summed E-state index contributed by atoms with van der Waals surface area (Å²) in [6.45, 7) is 0. The number of halogens is 1. The third-order valence-electron chi connectivity index (χ3n) is 1.35. The molecule has 0 aromatic carbocycles. The van der Waals surface area contributed by atoms with E-state index in [-0.39, 0.29) is 0 Å². The molecular formula is C8H4BrS2. The summed E-state index contributed by atoms with van der Waals surface area (Å²) in [6, 6.07) is 4.18. The Bertz CT molecular complexity index is 335. The van der Waals surface area contributed by atoms with E-state index >= 15 is 0 Å². The molecule has 0 bridgehead atoms. The van der Waals surface area contributed by atoms with Gasteiger partial charge in [-0.15, -0.1) is 22.7 Å². The Morgan fingerprint density at radius 2 is 2.36 bits per heavy atom. The quantitative estimate of drug-likeness (QED) is 0.710. The topological polar surface area (TPSA) is 0 Å². The Kier molecular flexibility index (Phi) is 2.11. The Morgan fingerprint density at radius 1 is 1.45 bits per heavy atom. The van der Waals surface area contributed by atoms with Crippen LogP contribution in [0.2, 0.25) is 0 Å². The summed E-state index contributed by atoms with van der Waals surface area (Å²) in [6.07, 6.45) is 0. The minimum atomic E-state index is 1.07. The molecule has 0 atom stereocenters. The first-order valence-corrected chi connectivity index (χ1v) is 5.61. The Balaban J connectivity index is 2.53. The maximum Gasteiger partial charge on any atom is 0.0603 e. The van der Waals surface area contributed by atoms with E-state index in [1.54, 1.807) is 22.7 Å². The number of rotatable bonds is 1. The van der Waals surface area contributed by atoms with Crippen molar-refractivity contribution in [2.24, 2.45) is 0 Å². The largest absolute Gasteiger partial charge is 0.144 e. The monoisotopic (exact) mass is 243 g/mol. The van der Waals surface area contributed by atoms with Crippen LogP contribution in [0.3, 0.4) is 0 Å². The van der Waals surface area contributed by atoms with Gasteiger partial charge in [-0.05, 0) is 27.4 Å². The van der Waals surface area contributed by atoms with Crippen molar-refractivity contribution in [1.82, 2.24) is 0 Å². The molecule has 11 heavy (non-hydrogen) atoms. The fourth-order valence-electron chi connectivity index (χ4n) is 0.845. The van der Waals surface area contributed by atoms with Crippen LogP contribution in [-0.4, -0.2) is 0 Å². The van der Waals surface area contributed by atoms with Gasteiger partial charge in [-0.2, -0.15) is 0 Å². The van der Waals surface area contributed by atoms with Crippen molar-refractivity contribution in [2.75, 3.05) is 0 Å². The molecule has 0 aliphatic rings. The van der Waals surface area contributed by atoms with Crippen LogP contribution < -0.4 is 0 Å². The van der Waals surface area contributed by atoms with E-state index < -0.39 is 0 Å². The van der Waals surface area contributed by atoms with Crippen LogP contribution in [0.4, 0.5) is 0 Å². The Morgan fingerprint density at radius 3 is 2.91 bits per heavy atom. The molecule has 0 nitrogen and oxygen atoms in total. The first-order chi connectivity index (χ1) is 5.38. The van der Waals surface area contributed by atoms with E-state index in [0.717, 1.165) is 4.47 Å². The SMILES string of the molecule is Brc1[c]scc1-c1cccs1. The van der Waals surface area contributed by atoms with Crippen LogP contribution in [0.1, 0.15) is 0 Å². The maximum atomic E-state index is 3.45. The molecule has 55 valence electrons. The van der Waals surface area contributed by atoms with Gasteiger partial charge in [0.1, 0.15) is 0 Å². The molecular weight excluding hydrogens is 240 g/mol. The summed E-state index contributed by atoms with van der Waals surface area (Å²) in [5.74, 6) is 0. The van der Waals surface area contributed by atoms with E-state index in [0.29, 0.717) is 0 Å². The molecule has 0 aliphatic heterocycles. The van der Waals surface area contributed by atoms with Crippen molar-refractivity contribution in [2.45, 2.75) is 0 Å². The molecule has 0 unspecified atom stereocenters. The predicted molar refractivity (Wildman–Crippen MR) is 54.2 cm³/mol. The second-order valence-corrected chi connectivity index (χ2v) is 4.46. The summed E-state index contributed by atoms with van der Waals surface area (Å²) in [4.78, 5) is 1.30. The second-order valence-electron chi connectivity index (χ2n) is 2.04. The molecule has 0 saturated heterocycles. The lowest BCUT2D eigenvalue weighted by Crippen LogP contribution is -1.63. The molecule has 2 aromatic rings. The van der Waals surface area contributed by atoms with Gasteiger partial charge in [0.25, 0.3) is 0 Å². The van der Waals surface area contributed by atoms with Gasteiger partial charge in [0.2, 0.25) is 0 Å². The first-order valence-electron chi connectivity index (χ1n) is 3.06. The molecule has 0 fully saturated rings. The average Bonchev–Trinajstić information content (AvgIpc) is 2.55. The van der Waals surface area contributed by atoms with Gasteiger partial charge in [-0.3, -0.25) is 0 Å². The van der Waals surface area contributed by atoms with Crippen LogP contribution in [0.25, 0.3) is 10.4 Å². The van der Waals surface area contributed by atoms with Gasteiger partial charge in [-0.25, -0.2) is 0 Å². The average molecular weight is 244 g/mol. The number of hydrogen-bond donors (Lipinski definition) is 0. The second kappa shape index (κ2) is 3.09. The van der Waals surface area contributed by atoms with Crippen molar-refractivity contribution in [1.29, 1.82) is 0 Å². The van der Waals surface area contributed by atoms with Gasteiger partial charge in [0.15, 0.2) is 0 Å². The highest BCUT2D eigenvalue weighted by Gasteiger charge is 2.03. The van der Waals surface area contributed by atoms with Gasteiger partial charge in [0.05, 0.1) is 5.38 Å². The summed E-state index contributed by atoms with van der Waals surface area (Å²) < 4.78 is 1.07. The number of hydrogen-bond acceptors (Lipinski definition) is 2. The molecule has 2 heterocycles. The van der Waals surface area contributed by atoms with Crippen LogP contribution in [0, 0.1) is 5.38 Å². The fourth-order valence-corrected chi connectivity index (χ4v) is 3.19. The third kappa shape index (κ3) is 1.41. The van der Waals surface area contributed by atoms with E-state index in [9.17, 15) is 0 Å². The van der Waals surface area contributed by atoms with E-state index in [2.05, 4.69) is 44.2 Å². The van der Waals surface area contributed by atoms with Gasteiger partial charge in [0, 0.05) is 20.3 Å². The predicted octanol–water partition coefficient (Wildman–Crippen LogP) is 4.04. The first kappa shape index (κ1) is 7.53. The minimum Gasteiger partial charge on any atom is -0.144 e. The highest BCUT2D eigenvalue weighted by Crippen LogP contribution is 2.33. The summed E-state index contributed by atoms with van der Waals surface area (Å²) in [5.41, 5.74) is 1.25. The maximum absolute atomic E-state index is 3.45. The van der Waals surface area contributed by atoms with Gasteiger partial charge >= 0.3 is 0 Å². The molecule has 0 N–H and O–H groups in total.